The highest BCUT2D eigenvalue weighted by molar-refractivity contribution is 5.95. The standard InChI is InChI=1S/C19H28N4O3/c1-21(2)16-6-5-15(13-20-16)17(24)23-10-8-19(14-23)7-4-9-22(18(19)25)11-12-26-3/h5-6,13H,4,7-12,14H2,1-3H3/t19-/m1/s1. The van der Waals surface area contributed by atoms with Crippen molar-refractivity contribution in [3.63, 3.8) is 0 Å². The van der Waals surface area contributed by atoms with Gasteiger partial charge >= 0.3 is 0 Å². The SMILES string of the molecule is COCCN1CCC[C@]2(CCN(C(=O)c3ccc(N(C)C)nc3)C2)C1=O. The van der Waals surface area contributed by atoms with Crippen molar-refractivity contribution in [1.82, 2.24) is 14.8 Å². The Balaban J connectivity index is 1.69. The van der Waals surface area contributed by atoms with Gasteiger partial charge in [0, 0.05) is 53.6 Å². The summed E-state index contributed by atoms with van der Waals surface area (Å²) in [5.74, 6) is 0.953. The Hall–Kier alpha value is -2.15. The normalized spacial score (nSPS) is 23.0. The Labute approximate surface area is 154 Å². The molecule has 3 rings (SSSR count). The molecule has 2 fully saturated rings. The molecule has 1 aromatic rings. The third-order valence-electron chi connectivity index (χ3n) is 5.48. The summed E-state index contributed by atoms with van der Waals surface area (Å²) in [4.78, 5) is 35.8. The zero-order valence-electron chi connectivity index (χ0n) is 15.9. The molecule has 7 nitrogen and oxygen atoms in total. The average Bonchev–Trinajstić information content (AvgIpc) is 3.07. The molecule has 1 aromatic heterocycles. The summed E-state index contributed by atoms with van der Waals surface area (Å²) in [6.45, 7) is 3.09. The fraction of sp³-hybridized carbons (Fsp3) is 0.632. The lowest BCUT2D eigenvalue weighted by Gasteiger charge is -2.39. The molecular weight excluding hydrogens is 332 g/mol. The van der Waals surface area contributed by atoms with Crippen LogP contribution in [0.3, 0.4) is 0 Å². The van der Waals surface area contributed by atoms with Gasteiger partial charge in [-0.2, -0.15) is 0 Å². The van der Waals surface area contributed by atoms with Crippen LogP contribution in [0.4, 0.5) is 5.82 Å². The number of pyridine rings is 1. The Morgan fingerprint density at radius 1 is 1.31 bits per heavy atom. The molecule has 2 aliphatic rings. The lowest BCUT2D eigenvalue weighted by atomic mass is 9.78. The van der Waals surface area contributed by atoms with E-state index < -0.39 is 5.41 Å². The molecule has 0 bridgehead atoms. The Kier molecular flexibility index (Phi) is 5.46. The number of hydrogen-bond acceptors (Lipinski definition) is 5. The minimum absolute atomic E-state index is 0.0403. The molecule has 7 heteroatoms. The van der Waals surface area contributed by atoms with Gasteiger partial charge < -0.3 is 19.4 Å². The fourth-order valence-electron chi connectivity index (χ4n) is 3.95. The number of piperidine rings is 1. The molecule has 0 unspecified atom stereocenters. The maximum atomic E-state index is 13.0. The molecule has 1 atom stereocenters. The molecule has 142 valence electrons. The number of methoxy groups -OCH3 is 1. The molecule has 1 spiro atoms. The second-order valence-electron chi connectivity index (χ2n) is 7.45. The lowest BCUT2D eigenvalue weighted by Crippen LogP contribution is -2.51. The van der Waals surface area contributed by atoms with Gasteiger partial charge in [0.2, 0.25) is 5.91 Å². The average molecular weight is 360 g/mol. The van der Waals surface area contributed by atoms with Crippen LogP contribution in [0, 0.1) is 5.41 Å². The van der Waals surface area contributed by atoms with Crippen molar-refractivity contribution in [2.45, 2.75) is 19.3 Å². The number of nitrogens with zero attached hydrogens (tertiary/aromatic N) is 4. The van der Waals surface area contributed by atoms with E-state index in [2.05, 4.69) is 4.98 Å². The van der Waals surface area contributed by atoms with Crippen molar-refractivity contribution >= 4 is 17.6 Å². The predicted octanol–water partition coefficient (Wildman–Crippen LogP) is 1.25. The maximum absolute atomic E-state index is 13.0. The monoisotopic (exact) mass is 360 g/mol. The molecule has 0 radical (unpaired) electrons. The minimum Gasteiger partial charge on any atom is -0.383 e. The summed E-state index contributed by atoms with van der Waals surface area (Å²) < 4.78 is 5.12. The number of ether oxygens (including phenoxy) is 1. The molecule has 2 amide bonds. The number of carbonyl (C=O) groups is 2. The lowest BCUT2D eigenvalue weighted by molar-refractivity contribution is -0.146. The van der Waals surface area contributed by atoms with Gasteiger partial charge in [-0.05, 0) is 31.4 Å². The van der Waals surface area contributed by atoms with Crippen LogP contribution in [-0.2, 0) is 9.53 Å². The van der Waals surface area contributed by atoms with E-state index in [1.807, 2.05) is 40.9 Å². The van der Waals surface area contributed by atoms with Gasteiger partial charge in [-0.25, -0.2) is 4.98 Å². The molecule has 2 saturated heterocycles. The first kappa shape index (κ1) is 18.6. The molecule has 0 aliphatic carbocycles. The van der Waals surface area contributed by atoms with Gasteiger partial charge in [0.05, 0.1) is 17.6 Å². The van der Waals surface area contributed by atoms with E-state index >= 15 is 0 Å². The number of likely N-dealkylation sites (tertiary alicyclic amines) is 2. The highest BCUT2D eigenvalue weighted by Crippen LogP contribution is 2.40. The quantitative estimate of drug-likeness (QED) is 0.791. The number of aromatic nitrogens is 1. The molecule has 3 heterocycles. The van der Waals surface area contributed by atoms with Crippen LogP contribution in [0.25, 0.3) is 0 Å². The summed E-state index contributed by atoms with van der Waals surface area (Å²) in [5, 5.41) is 0. The number of rotatable bonds is 5. The van der Waals surface area contributed by atoms with Crippen LogP contribution in [0.5, 0.6) is 0 Å². The second kappa shape index (κ2) is 7.61. The van der Waals surface area contributed by atoms with Gasteiger partial charge in [0.15, 0.2) is 0 Å². The van der Waals surface area contributed by atoms with Crippen LogP contribution >= 0.6 is 0 Å². The molecule has 2 aliphatic heterocycles. The van der Waals surface area contributed by atoms with E-state index in [1.165, 1.54) is 0 Å². The topological polar surface area (TPSA) is 66.0 Å². The Morgan fingerprint density at radius 2 is 2.12 bits per heavy atom. The highest BCUT2D eigenvalue weighted by atomic mass is 16.5. The first-order valence-corrected chi connectivity index (χ1v) is 9.18. The van der Waals surface area contributed by atoms with Crippen LogP contribution in [0.15, 0.2) is 18.3 Å². The summed E-state index contributed by atoms with van der Waals surface area (Å²) in [5.41, 5.74) is 0.158. The smallest absolute Gasteiger partial charge is 0.255 e. The third-order valence-corrected chi connectivity index (χ3v) is 5.48. The number of hydrogen-bond donors (Lipinski definition) is 0. The molecule has 0 saturated carbocycles. The van der Waals surface area contributed by atoms with Crippen molar-refractivity contribution in [3.8, 4) is 0 Å². The summed E-state index contributed by atoms with van der Waals surface area (Å²) >= 11 is 0. The number of anilines is 1. The zero-order valence-corrected chi connectivity index (χ0v) is 15.9. The van der Waals surface area contributed by atoms with Gasteiger partial charge in [0.1, 0.15) is 5.82 Å². The second-order valence-corrected chi connectivity index (χ2v) is 7.45. The Morgan fingerprint density at radius 3 is 2.77 bits per heavy atom. The van der Waals surface area contributed by atoms with Crippen molar-refractivity contribution < 1.29 is 14.3 Å². The molecule has 26 heavy (non-hydrogen) atoms. The largest absolute Gasteiger partial charge is 0.383 e. The zero-order chi connectivity index (χ0) is 18.7. The van der Waals surface area contributed by atoms with E-state index in [0.717, 1.165) is 31.6 Å². The third kappa shape index (κ3) is 3.53. The van der Waals surface area contributed by atoms with Crippen LogP contribution in [-0.4, -0.2) is 80.6 Å². The summed E-state index contributed by atoms with van der Waals surface area (Å²) in [6, 6.07) is 3.65. The van der Waals surface area contributed by atoms with Crippen molar-refractivity contribution in [3.05, 3.63) is 23.9 Å². The number of amides is 2. The van der Waals surface area contributed by atoms with E-state index in [4.69, 9.17) is 4.74 Å². The van der Waals surface area contributed by atoms with Gasteiger partial charge in [-0.1, -0.05) is 0 Å². The summed E-state index contributed by atoms with van der Waals surface area (Å²) in [7, 11) is 5.48. The van der Waals surface area contributed by atoms with Gasteiger partial charge in [-0.3, -0.25) is 9.59 Å². The van der Waals surface area contributed by atoms with Crippen LogP contribution < -0.4 is 4.90 Å². The molecular formula is C19H28N4O3. The van der Waals surface area contributed by atoms with Gasteiger partial charge in [0.25, 0.3) is 5.91 Å². The summed E-state index contributed by atoms with van der Waals surface area (Å²) in [6.07, 6.45) is 4.20. The van der Waals surface area contributed by atoms with Crippen molar-refractivity contribution in [1.29, 1.82) is 0 Å². The van der Waals surface area contributed by atoms with E-state index in [0.29, 0.717) is 31.8 Å². The minimum atomic E-state index is -0.418. The number of carbonyl (C=O) groups excluding carboxylic acids is 2. The van der Waals surface area contributed by atoms with Crippen LogP contribution in [0.1, 0.15) is 29.6 Å². The maximum Gasteiger partial charge on any atom is 0.255 e. The molecule has 0 N–H and O–H groups in total. The van der Waals surface area contributed by atoms with E-state index in [-0.39, 0.29) is 11.8 Å². The van der Waals surface area contributed by atoms with Crippen molar-refractivity contribution in [2.24, 2.45) is 5.41 Å². The van der Waals surface area contributed by atoms with E-state index in [1.54, 1.807) is 13.3 Å². The Bertz CT molecular complexity index is 661. The van der Waals surface area contributed by atoms with Gasteiger partial charge in [-0.15, -0.1) is 0 Å². The van der Waals surface area contributed by atoms with E-state index in [9.17, 15) is 9.59 Å². The fourth-order valence-corrected chi connectivity index (χ4v) is 3.95. The van der Waals surface area contributed by atoms with Crippen molar-refractivity contribution in [2.75, 3.05) is 58.9 Å². The van der Waals surface area contributed by atoms with Crippen LogP contribution in [0.2, 0.25) is 0 Å². The predicted molar refractivity (Wildman–Crippen MR) is 99.2 cm³/mol. The molecule has 0 aromatic carbocycles. The highest BCUT2D eigenvalue weighted by Gasteiger charge is 2.49. The first-order valence-electron chi connectivity index (χ1n) is 9.18. The first-order chi connectivity index (χ1) is 12.5.